The van der Waals surface area contributed by atoms with Gasteiger partial charge >= 0.3 is 7.25 Å². The van der Waals surface area contributed by atoms with Crippen molar-refractivity contribution < 1.29 is 20.3 Å². The van der Waals surface area contributed by atoms with Gasteiger partial charge in [0.1, 0.15) is 0 Å². The molecular formula is C8H12BNO4. The molecule has 0 unspecified atom stereocenters. The lowest BCUT2D eigenvalue weighted by molar-refractivity contribution is 0.386. The van der Waals surface area contributed by atoms with Crippen LogP contribution < -0.4 is 5.23 Å². The minimum absolute atomic E-state index is 0.163. The summed E-state index contributed by atoms with van der Waals surface area (Å²) in [5, 5.41) is 37.5. The van der Waals surface area contributed by atoms with Gasteiger partial charge in [-0.25, -0.2) is 0 Å². The fraction of sp³-hybridized carbons (Fsp3) is 0.250. The van der Waals surface area contributed by atoms with Crippen molar-refractivity contribution in [3.63, 3.8) is 0 Å². The predicted octanol–water partition coefficient (Wildman–Crippen LogP) is -0.801. The van der Waals surface area contributed by atoms with Crippen molar-refractivity contribution in [2.24, 2.45) is 0 Å². The van der Waals surface area contributed by atoms with Gasteiger partial charge in [0.25, 0.3) is 0 Å². The first kappa shape index (κ1) is 10.8. The van der Waals surface area contributed by atoms with Gasteiger partial charge in [-0.3, -0.25) is 0 Å². The summed E-state index contributed by atoms with van der Waals surface area (Å²) in [6, 6.07) is 4.47. The summed E-state index contributed by atoms with van der Waals surface area (Å²) in [4.78, 5) is 0. The Morgan fingerprint density at radius 1 is 1.14 bits per heavy atom. The highest BCUT2D eigenvalue weighted by Crippen LogP contribution is 2.24. The van der Waals surface area contributed by atoms with E-state index in [-0.39, 0.29) is 11.5 Å². The van der Waals surface area contributed by atoms with Crippen LogP contribution in [0.25, 0.3) is 0 Å². The molecule has 1 aromatic rings. The Kier molecular flexibility index (Phi) is 3.76. The molecule has 5 nitrogen and oxygen atoms in total. The van der Waals surface area contributed by atoms with E-state index < -0.39 is 7.25 Å². The first-order valence-corrected chi connectivity index (χ1v) is 4.20. The van der Waals surface area contributed by atoms with Crippen molar-refractivity contribution >= 4 is 7.25 Å². The molecule has 0 atom stereocenters. The maximum absolute atomic E-state index is 9.14. The normalized spacial score (nSPS) is 10.1. The summed E-state index contributed by atoms with van der Waals surface area (Å²) in [6.07, 6.45) is 0.533. The Morgan fingerprint density at radius 3 is 2.43 bits per heavy atom. The van der Waals surface area contributed by atoms with Crippen LogP contribution in [-0.4, -0.2) is 34.1 Å². The lowest BCUT2D eigenvalue weighted by Gasteiger charge is -2.04. The molecule has 0 amide bonds. The molecule has 1 rings (SSSR count). The number of benzene rings is 1. The Balaban J connectivity index is 2.47. The highest BCUT2D eigenvalue weighted by molar-refractivity contribution is 6.37. The van der Waals surface area contributed by atoms with Crippen LogP contribution in [0.1, 0.15) is 5.56 Å². The van der Waals surface area contributed by atoms with Crippen LogP contribution in [0.15, 0.2) is 18.2 Å². The maximum atomic E-state index is 9.14. The number of aromatic hydroxyl groups is 2. The molecule has 5 N–H and O–H groups in total. The zero-order valence-corrected chi connectivity index (χ0v) is 7.51. The van der Waals surface area contributed by atoms with Crippen LogP contribution in [0, 0.1) is 0 Å². The number of hydrogen-bond acceptors (Lipinski definition) is 5. The summed E-state index contributed by atoms with van der Waals surface area (Å²) >= 11 is 0. The zero-order chi connectivity index (χ0) is 10.6. The highest BCUT2D eigenvalue weighted by Gasteiger charge is 2.05. The minimum atomic E-state index is -1.53. The van der Waals surface area contributed by atoms with E-state index >= 15 is 0 Å². The summed E-state index contributed by atoms with van der Waals surface area (Å²) in [7, 11) is -1.53. The van der Waals surface area contributed by atoms with E-state index in [1.165, 1.54) is 12.1 Å². The topological polar surface area (TPSA) is 93.0 Å². The van der Waals surface area contributed by atoms with Crippen LogP contribution in [-0.2, 0) is 6.42 Å². The van der Waals surface area contributed by atoms with Gasteiger partial charge < -0.3 is 25.5 Å². The van der Waals surface area contributed by atoms with E-state index in [1.807, 2.05) is 0 Å². The molecule has 0 bridgehead atoms. The van der Waals surface area contributed by atoms with E-state index in [1.54, 1.807) is 6.07 Å². The molecule has 0 aliphatic carbocycles. The molecule has 76 valence electrons. The first-order chi connectivity index (χ1) is 6.59. The molecule has 0 aromatic heterocycles. The van der Waals surface area contributed by atoms with Gasteiger partial charge in [0.05, 0.1) is 0 Å². The van der Waals surface area contributed by atoms with Gasteiger partial charge in [0.15, 0.2) is 11.5 Å². The van der Waals surface area contributed by atoms with Crippen LogP contribution >= 0.6 is 0 Å². The second kappa shape index (κ2) is 4.85. The Bertz CT molecular complexity index is 305. The zero-order valence-electron chi connectivity index (χ0n) is 7.51. The Morgan fingerprint density at radius 2 is 1.86 bits per heavy atom. The third-order valence-corrected chi connectivity index (χ3v) is 1.78. The number of hydrogen-bond donors (Lipinski definition) is 5. The number of phenols is 2. The second-order valence-electron chi connectivity index (χ2n) is 2.90. The van der Waals surface area contributed by atoms with Crippen molar-refractivity contribution in [2.45, 2.75) is 6.42 Å². The SMILES string of the molecule is OB(O)NCCc1ccc(O)c(O)c1. The molecular weight excluding hydrogens is 185 g/mol. The lowest BCUT2D eigenvalue weighted by atomic mass is 10.1. The monoisotopic (exact) mass is 197 g/mol. The third kappa shape index (κ3) is 3.25. The molecule has 0 radical (unpaired) electrons. The van der Waals surface area contributed by atoms with Crippen LogP contribution in [0.5, 0.6) is 11.5 Å². The smallest absolute Gasteiger partial charge is 0.504 e. The molecule has 0 spiro atoms. The fourth-order valence-corrected chi connectivity index (χ4v) is 1.07. The maximum Gasteiger partial charge on any atom is 0.549 e. The van der Waals surface area contributed by atoms with Gasteiger partial charge in [0, 0.05) is 0 Å². The highest BCUT2D eigenvalue weighted by atomic mass is 16.4. The van der Waals surface area contributed by atoms with Crippen molar-refractivity contribution in [1.29, 1.82) is 0 Å². The fourth-order valence-electron chi connectivity index (χ4n) is 1.07. The number of phenolic OH excluding ortho intramolecular Hbond substituents is 2. The molecule has 6 heteroatoms. The molecule has 0 aliphatic heterocycles. The second-order valence-corrected chi connectivity index (χ2v) is 2.90. The van der Waals surface area contributed by atoms with Gasteiger partial charge in [-0.1, -0.05) is 6.07 Å². The molecule has 0 heterocycles. The van der Waals surface area contributed by atoms with E-state index in [9.17, 15) is 0 Å². The first-order valence-electron chi connectivity index (χ1n) is 4.20. The molecule has 14 heavy (non-hydrogen) atoms. The lowest BCUT2D eigenvalue weighted by Crippen LogP contribution is -2.35. The van der Waals surface area contributed by atoms with E-state index in [0.29, 0.717) is 13.0 Å². The Hall–Kier alpha value is -1.24. The van der Waals surface area contributed by atoms with Crippen LogP contribution in [0.2, 0.25) is 0 Å². The summed E-state index contributed by atoms with van der Waals surface area (Å²) < 4.78 is 0. The molecule has 0 aliphatic rings. The van der Waals surface area contributed by atoms with Gasteiger partial charge in [-0.05, 0) is 30.7 Å². The van der Waals surface area contributed by atoms with E-state index in [2.05, 4.69) is 5.23 Å². The van der Waals surface area contributed by atoms with Crippen molar-refractivity contribution in [3.05, 3.63) is 23.8 Å². The average Bonchev–Trinajstić information content (AvgIpc) is 2.10. The van der Waals surface area contributed by atoms with Crippen LogP contribution in [0.4, 0.5) is 0 Å². The van der Waals surface area contributed by atoms with Gasteiger partial charge in [-0.2, -0.15) is 0 Å². The van der Waals surface area contributed by atoms with Crippen molar-refractivity contribution in [2.75, 3.05) is 6.54 Å². The van der Waals surface area contributed by atoms with E-state index in [4.69, 9.17) is 20.3 Å². The molecule has 0 saturated heterocycles. The number of nitrogens with one attached hydrogen (secondary N) is 1. The molecule has 1 aromatic carbocycles. The van der Waals surface area contributed by atoms with Crippen molar-refractivity contribution in [1.82, 2.24) is 5.23 Å². The quantitative estimate of drug-likeness (QED) is 0.322. The average molecular weight is 197 g/mol. The summed E-state index contributed by atoms with van der Waals surface area (Å²) in [6.45, 7) is 0.377. The Labute approximate surface area is 81.8 Å². The molecule has 0 fully saturated rings. The number of rotatable bonds is 4. The summed E-state index contributed by atoms with van der Waals surface area (Å²) in [5.74, 6) is -0.337. The van der Waals surface area contributed by atoms with Gasteiger partial charge in [-0.15, -0.1) is 0 Å². The predicted molar refractivity (Wildman–Crippen MR) is 51.7 cm³/mol. The summed E-state index contributed by atoms with van der Waals surface area (Å²) in [5.41, 5.74) is 0.799. The van der Waals surface area contributed by atoms with E-state index in [0.717, 1.165) is 5.56 Å². The van der Waals surface area contributed by atoms with Crippen LogP contribution in [0.3, 0.4) is 0 Å². The molecule has 0 saturated carbocycles. The largest absolute Gasteiger partial charge is 0.549 e. The third-order valence-electron chi connectivity index (χ3n) is 1.78. The standard InChI is InChI=1S/C8H12BNO4/c11-7-2-1-6(5-8(7)12)3-4-10-9(13)14/h1-2,5,10-14H,3-4H2. The minimum Gasteiger partial charge on any atom is -0.504 e. The van der Waals surface area contributed by atoms with Gasteiger partial charge in [0.2, 0.25) is 0 Å². The van der Waals surface area contributed by atoms with Crippen molar-refractivity contribution in [3.8, 4) is 11.5 Å².